The Morgan fingerprint density at radius 1 is 0.875 bits per heavy atom. The minimum Gasteiger partial charge on any atom is -0.393 e. The van der Waals surface area contributed by atoms with E-state index in [0.29, 0.717) is 28.6 Å². The van der Waals surface area contributed by atoms with Crippen molar-refractivity contribution in [2.75, 3.05) is 0 Å². The second-order valence-electron chi connectivity index (χ2n) is 14.0. The van der Waals surface area contributed by atoms with Crippen molar-refractivity contribution in [3.63, 3.8) is 0 Å². The topological polar surface area (TPSA) is 20.2 Å². The Hall–Kier alpha value is -0.300. The molecule has 0 heterocycles. The first kappa shape index (κ1) is 24.8. The first-order valence-corrected chi connectivity index (χ1v) is 14.5. The highest BCUT2D eigenvalue weighted by Gasteiger charge is 2.57. The summed E-state index contributed by atoms with van der Waals surface area (Å²) in [5.41, 5.74) is 4.73. The molecule has 0 aromatic carbocycles. The first-order valence-electron chi connectivity index (χ1n) is 14.5. The van der Waals surface area contributed by atoms with Crippen LogP contribution >= 0.6 is 0 Å². The van der Waals surface area contributed by atoms with Crippen molar-refractivity contribution in [1.82, 2.24) is 0 Å². The lowest BCUT2D eigenvalue weighted by molar-refractivity contribution is -0.0493. The van der Waals surface area contributed by atoms with Gasteiger partial charge in [0.05, 0.1) is 6.10 Å². The van der Waals surface area contributed by atoms with Crippen molar-refractivity contribution >= 4 is 0 Å². The van der Waals surface area contributed by atoms with E-state index in [4.69, 9.17) is 0 Å². The standard InChI is InChI=1S/C31H54O/c1-20(2)9-8-10-22(5)25-13-14-26-23-11-12-27-24(19-21(3)4)29(32)16-18-31(27,7)28(23)15-17-30(25,26)6/h20-22,24-27,29,32H,8-19H2,1-7H3/t22-,24?,25-,26+,27?,29+,30-,31+/m1/s1. The van der Waals surface area contributed by atoms with Gasteiger partial charge in [-0.1, -0.05) is 78.9 Å². The quantitative estimate of drug-likeness (QED) is 0.390. The molecule has 1 N–H and O–H groups in total. The fourth-order valence-corrected chi connectivity index (χ4v) is 9.59. The second-order valence-corrected chi connectivity index (χ2v) is 14.0. The molecule has 0 amide bonds. The molecule has 2 saturated carbocycles. The van der Waals surface area contributed by atoms with Gasteiger partial charge in [0.15, 0.2) is 0 Å². The minimum atomic E-state index is -0.0611. The van der Waals surface area contributed by atoms with Gasteiger partial charge in [0.2, 0.25) is 0 Å². The summed E-state index contributed by atoms with van der Waals surface area (Å²) >= 11 is 0. The van der Waals surface area contributed by atoms with E-state index < -0.39 is 0 Å². The van der Waals surface area contributed by atoms with Crippen LogP contribution in [-0.4, -0.2) is 11.2 Å². The van der Waals surface area contributed by atoms with Gasteiger partial charge >= 0.3 is 0 Å². The molecular weight excluding hydrogens is 388 g/mol. The highest BCUT2D eigenvalue weighted by molar-refractivity contribution is 5.35. The largest absolute Gasteiger partial charge is 0.393 e. The highest BCUT2D eigenvalue weighted by Crippen LogP contribution is 2.66. The normalized spacial score (nSPS) is 42.8. The molecule has 32 heavy (non-hydrogen) atoms. The van der Waals surface area contributed by atoms with Crippen molar-refractivity contribution in [2.45, 2.75) is 132 Å². The maximum Gasteiger partial charge on any atom is 0.0571 e. The van der Waals surface area contributed by atoms with Gasteiger partial charge in [0.25, 0.3) is 0 Å². The second kappa shape index (κ2) is 9.39. The Bertz CT molecular complexity index is 689. The summed E-state index contributed by atoms with van der Waals surface area (Å²) in [7, 11) is 0. The number of rotatable bonds is 7. The van der Waals surface area contributed by atoms with Crippen LogP contribution in [0.5, 0.6) is 0 Å². The number of aliphatic hydroxyl groups is 1. The number of hydrogen-bond acceptors (Lipinski definition) is 1. The highest BCUT2D eigenvalue weighted by atomic mass is 16.3. The smallest absolute Gasteiger partial charge is 0.0571 e. The van der Waals surface area contributed by atoms with E-state index in [1.54, 1.807) is 0 Å². The summed E-state index contributed by atoms with van der Waals surface area (Å²) in [6.07, 6.45) is 16.0. The molecule has 0 radical (unpaired) electrons. The Morgan fingerprint density at radius 2 is 1.62 bits per heavy atom. The van der Waals surface area contributed by atoms with E-state index in [-0.39, 0.29) is 6.10 Å². The van der Waals surface area contributed by atoms with E-state index >= 15 is 0 Å². The summed E-state index contributed by atoms with van der Waals surface area (Å²) in [6, 6.07) is 0. The van der Waals surface area contributed by atoms with Gasteiger partial charge in [-0.25, -0.2) is 0 Å². The molecule has 4 rings (SSSR count). The minimum absolute atomic E-state index is 0.0611. The zero-order valence-corrected chi connectivity index (χ0v) is 22.6. The Balaban J connectivity index is 1.55. The molecular formula is C31H54O. The number of allylic oxidation sites excluding steroid dienone is 2. The summed E-state index contributed by atoms with van der Waals surface area (Å²) < 4.78 is 0. The molecule has 0 bridgehead atoms. The predicted molar refractivity (Wildman–Crippen MR) is 137 cm³/mol. The average molecular weight is 443 g/mol. The number of fused-ring (bicyclic) bond motifs is 4. The molecule has 4 aliphatic carbocycles. The third-order valence-corrected chi connectivity index (χ3v) is 11.2. The summed E-state index contributed by atoms with van der Waals surface area (Å²) in [6.45, 7) is 17.3. The van der Waals surface area contributed by atoms with Crippen molar-refractivity contribution in [3.05, 3.63) is 11.1 Å². The van der Waals surface area contributed by atoms with Gasteiger partial charge in [-0.05, 0) is 110 Å². The van der Waals surface area contributed by atoms with Gasteiger partial charge in [-0.3, -0.25) is 0 Å². The monoisotopic (exact) mass is 442 g/mol. The Labute approximate surface area is 200 Å². The third-order valence-electron chi connectivity index (χ3n) is 11.2. The zero-order valence-electron chi connectivity index (χ0n) is 22.6. The summed E-state index contributed by atoms with van der Waals surface area (Å²) in [4.78, 5) is 0. The van der Waals surface area contributed by atoms with Crippen molar-refractivity contribution in [1.29, 1.82) is 0 Å². The SMILES string of the molecule is CC(C)CCC[C@@H](C)[C@H]1CC[C@H]2C3=C(CC[C@]12C)[C@@]1(C)CC[C@H](O)C(CC(C)C)C1CC3. The van der Waals surface area contributed by atoms with E-state index in [9.17, 15) is 5.11 Å². The maximum absolute atomic E-state index is 10.9. The third kappa shape index (κ3) is 4.27. The van der Waals surface area contributed by atoms with E-state index in [2.05, 4.69) is 48.5 Å². The average Bonchev–Trinajstić information content (AvgIpc) is 3.07. The molecule has 0 aromatic rings. The molecule has 1 heteroatoms. The molecule has 2 unspecified atom stereocenters. The van der Waals surface area contributed by atoms with Gasteiger partial charge in [0.1, 0.15) is 0 Å². The lowest BCUT2D eigenvalue weighted by Gasteiger charge is -2.57. The summed E-state index contributed by atoms with van der Waals surface area (Å²) in [5.74, 6) is 5.45. The van der Waals surface area contributed by atoms with Crippen molar-refractivity contribution < 1.29 is 5.11 Å². The van der Waals surface area contributed by atoms with Crippen LogP contribution in [0.2, 0.25) is 0 Å². The maximum atomic E-state index is 10.9. The van der Waals surface area contributed by atoms with Crippen LogP contribution in [0, 0.1) is 52.3 Å². The lowest BCUT2D eigenvalue weighted by Crippen LogP contribution is -2.50. The summed E-state index contributed by atoms with van der Waals surface area (Å²) in [5, 5.41) is 10.9. The predicted octanol–water partition coefficient (Wildman–Crippen LogP) is 8.81. The molecule has 0 saturated heterocycles. The Morgan fingerprint density at radius 3 is 2.31 bits per heavy atom. The molecule has 0 spiro atoms. The zero-order chi connectivity index (χ0) is 23.3. The molecule has 8 atom stereocenters. The van der Waals surface area contributed by atoms with Crippen molar-refractivity contribution in [3.8, 4) is 0 Å². The van der Waals surface area contributed by atoms with Crippen LogP contribution in [0.15, 0.2) is 11.1 Å². The molecule has 4 aliphatic rings. The molecule has 0 aliphatic heterocycles. The Kier molecular flexibility index (Phi) is 7.28. The van der Waals surface area contributed by atoms with Gasteiger partial charge in [-0.15, -0.1) is 0 Å². The molecule has 1 nitrogen and oxygen atoms in total. The first-order chi connectivity index (χ1) is 15.1. The lowest BCUT2D eigenvalue weighted by atomic mass is 9.48. The number of hydrogen-bond donors (Lipinski definition) is 1. The molecule has 0 aromatic heterocycles. The van der Waals surface area contributed by atoms with Crippen LogP contribution < -0.4 is 0 Å². The van der Waals surface area contributed by atoms with Crippen LogP contribution in [-0.2, 0) is 0 Å². The van der Waals surface area contributed by atoms with Crippen LogP contribution in [0.1, 0.15) is 126 Å². The van der Waals surface area contributed by atoms with Gasteiger partial charge in [-0.2, -0.15) is 0 Å². The van der Waals surface area contributed by atoms with E-state index in [1.165, 1.54) is 70.6 Å². The van der Waals surface area contributed by atoms with Crippen LogP contribution in [0.25, 0.3) is 0 Å². The van der Waals surface area contributed by atoms with Crippen LogP contribution in [0.3, 0.4) is 0 Å². The van der Waals surface area contributed by atoms with E-state index in [1.807, 2.05) is 11.1 Å². The fourth-order valence-electron chi connectivity index (χ4n) is 9.59. The van der Waals surface area contributed by atoms with Gasteiger partial charge in [0, 0.05) is 0 Å². The van der Waals surface area contributed by atoms with E-state index in [0.717, 1.165) is 30.1 Å². The molecule has 184 valence electrons. The van der Waals surface area contributed by atoms with Gasteiger partial charge < -0.3 is 5.11 Å². The number of aliphatic hydroxyl groups excluding tert-OH is 1. The van der Waals surface area contributed by atoms with Crippen molar-refractivity contribution in [2.24, 2.45) is 52.3 Å². The van der Waals surface area contributed by atoms with Crippen LogP contribution in [0.4, 0.5) is 0 Å². The fraction of sp³-hybridized carbons (Fsp3) is 0.935. The molecule has 2 fully saturated rings.